The van der Waals surface area contributed by atoms with E-state index in [1.54, 1.807) is 24.3 Å². The molecule has 0 saturated heterocycles. The molecular weight excluding hydrogens is 649 g/mol. The van der Waals surface area contributed by atoms with Crippen LogP contribution in [-0.4, -0.2) is 39.1 Å². The number of aliphatic hydroxyl groups excluding tert-OH is 1. The molecule has 5 aromatic rings. The van der Waals surface area contributed by atoms with Crippen molar-refractivity contribution >= 4 is 56.1 Å². The standard InChI is InChI=1S/C30H24BrCl2N3O6/c31-29-19(4-2-6-22(29)18-3-1-5-21(32)10-18)16-41-28-12-27(20(11-23(28)33)13-34-26(14-37)30(38)39)40-15-17-7-8-24-25(9-17)36-42-35-24/h1-12,26,34,37H,13-16H2,(H,38,39). The number of aliphatic hydroxyl groups is 1. The van der Waals surface area contributed by atoms with Gasteiger partial charge in [0.25, 0.3) is 0 Å². The van der Waals surface area contributed by atoms with E-state index in [-0.39, 0.29) is 19.8 Å². The number of rotatable bonds is 12. The van der Waals surface area contributed by atoms with E-state index in [2.05, 4.69) is 31.6 Å². The van der Waals surface area contributed by atoms with Crippen LogP contribution in [0.5, 0.6) is 11.5 Å². The Hall–Kier alpha value is -3.67. The van der Waals surface area contributed by atoms with E-state index >= 15 is 0 Å². The molecule has 0 saturated carbocycles. The van der Waals surface area contributed by atoms with Gasteiger partial charge in [0, 0.05) is 33.2 Å². The first-order valence-electron chi connectivity index (χ1n) is 12.7. The SMILES string of the molecule is O=C(O)C(CO)NCc1cc(Cl)c(OCc2cccc(-c3cccc(Cl)c3)c2Br)cc1OCc1ccc2nonc2c1. The number of hydrogen-bond donors (Lipinski definition) is 3. The minimum atomic E-state index is -1.17. The topological polar surface area (TPSA) is 127 Å². The van der Waals surface area contributed by atoms with Gasteiger partial charge in [-0.05, 0) is 73.3 Å². The molecule has 0 fully saturated rings. The van der Waals surface area contributed by atoms with Gasteiger partial charge < -0.3 is 19.7 Å². The summed E-state index contributed by atoms with van der Waals surface area (Å²) in [5, 5.41) is 30.2. The highest BCUT2D eigenvalue weighted by Crippen LogP contribution is 2.36. The Kier molecular flexibility index (Phi) is 9.61. The first-order valence-corrected chi connectivity index (χ1v) is 14.3. The van der Waals surface area contributed by atoms with Crippen molar-refractivity contribution in [1.82, 2.24) is 15.6 Å². The lowest BCUT2D eigenvalue weighted by atomic mass is 10.0. The van der Waals surface area contributed by atoms with Crippen molar-refractivity contribution in [3.05, 3.63) is 104 Å². The fraction of sp³-hybridized carbons (Fsp3) is 0.167. The van der Waals surface area contributed by atoms with E-state index < -0.39 is 18.6 Å². The van der Waals surface area contributed by atoms with Gasteiger partial charge in [0.05, 0.1) is 11.6 Å². The van der Waals surface area contributed by atoms with Gasteiger partial charge in [0.1, 0.15) is 41.8 Å². The van der Waals surface area contributed by atoms with Crippen LogP contribution in [0.1, 0.15) is 16.7 Å². The molecule has 12 heteroatoms. The van der Waals surface area contributed by atoms with Crippen molar-refractivity contribution in [2.45, 2.75) is 25.8 Å². The summed E-state index contributed by atoms with van der Waals surface area (Å²) in [5.41, 5.74) is 5.43. The molecule has 0 radical (unpaired) electrons. The smallest absolute Gasteiger partial charge is 0.323 e. The number of benzene rings is 4. The summed E-state index contributed by atoms with van der Waals surface area (Å²) < 4.78 is 17.9. The molecule has 3 N–H and O–H groups in total. The second-order valence-corrected chi connectivity index (χ2v) is 10.9. The fourth-order valence-electron chi connectivity index (χ4n) is 4.23. The van der Waals surface area contributed by atoms with Crippen LogP contribution >= 0.6 is 39.1 Å². The Labute approximate surface area is 259 Å². The molecule has 1 aromatic heterocycles. The molecule has 216 valence electrons. The molecule has 0 bridgehead atoms. The summed E-state index contributed by atoms with van der Waals surface area (Å²) >= 11 is 16.5. The Morgan fingerprint density at radius 3 is 2.50 bits per heavy atom. The maximum Gasteiger partial charge on any atom is 0.323 e. The van der Waals surface area contributed by atoms with Crippen LogP contribution in [0.25, 0.3) is 22.2 Å². The average molecular weight is 673 g/mol. The number of nitrogens with zero attached hydrogens (tertiary/aromatic N) is 2. The van der Waals surface area contributed by atoms with Gasteiger partial charge in [-0.25, -0.2) is 4.63 Å². The molecule has 1 atom stereocenters. The van der Waals surface area contributed by atoms with Crippen molar-refractivity contribution in [3.63, 3.8) is 0 Å². The molecule has 0 spiro atoms. The second kappa shape index (κ2) is 13.5. The molecule has 1 unspecified atom stereocenters. The number of halogens is 3. The molecule has 4 aromatic carbocycles. The zero-order chi connectivity index (χ0) is 29.6. The highest BCUT2D eigenvalue weighted by molar-refractivity contribution is 9.10. The molecule has 0 aliphatic carbocycles. The normalized spacial score (nSPS) is 11.9. The lowest BCUT2D eigenvalue weighted by Crippen LogP contribution is -2.39. The number of hydrogen-bond acceptors (Lipinski definition) is 8. The first kappa shape index (κ1) is 29.8. The monoisotopic (exact) mass is 671 g/mol. The van der Waals surface area contributed by atoms with Crippen molar-refractivity contribution in [2.24, 2.45) is 0 Å². The predicted octanol–water partition coefficient (Wildman–Crippen LogP) is 6.65. The molecule has 0 aliphatic rings. The van der Waals surface area contributed by atoms with Gasteiger partial charge in [-0.15, -0.1) is 0 Å². The predicted molar refractivity (Wildman–Crippen MR) is 162 cm³/mol. The number of aliphatic carboxylic acids is 1. The van der Waals surface area contributed by atoms with Crippen molar-refractivity contribution in [2.75, 3.05) is 6.61 Å². The minimum Gasteiger partial charge on any atom is -0.488 e. The number of carboxylic acid groups (broad SMARTS) is 1. The summed E-state index contributed by atoms with van der Waals surface area (Å²) in [5.74, 6) is -0.371. The van der Waals surface area contributed by atoms with Gasteiger partial charge in [-0.3, -0.25) is 10.1 Å². The van der Waals surface area contributed by atoms with Crippen molar-refractivity contribution in [3.8, 4) is 22.6 Å². The van der Waals surface area contributed by atoms with Gasteiger partial charge in [-0.2, -0.15) is 0 Å². The molecule has 0 aliphatic heterocycles. The molecule has 5 rings (SSSR count). The highest BCUT2D eigenvalue weighted by atomic mass is 79.9. The zero-order valence-electron chi connectivity index (χ0n) is 21.9. The summed E-state index contributed by atoms with van der Waals surface area (Å²) in [4.78, 5) is 11.4. The lowest BCUT2D eigenvalue weighted by molar-refractivity contribution is -0.140. The number of carboxylic acids is 1. The number of ether oxygens (including phenoxy) is 2. The highest BCUT2D eigenvalue weighted by Gasteiger charge is 2.18. The average Bonchev–Trinajstić information content (AvgIpc) is 3.45. The molecule has 1 heterocycles. The lowest BCUT2D eigenvalue weighted by Gasteiger charge is -2.18. The van der Waals surface area contributed by atoms with Gasteiger partial charge in [-0.1, -0.05) is 59.6 Å². The Morgan fingerprint density at radius 1 is 0.929 bits per heavy atom. The maximum absolute atomic E-state index is 11.4. The third kappa shape index (κ3) is 7.03. The van der Waals surface area contributed by atoms with Crippen LogP contribution in [-0.2, 0) is 24.6 Å². The third-order valence-electron chi connectivity index (χ3n) is 6.44. The molecule has 0 amide bonds. The van der Waals surface area contributed by atoms with Gasteiger partial charge in [0.2, 0.25) is 0 Å². The van der Waals surface area contributed by atoms with Crippen LogP contribution < -0.4 is 14.8 Å². The zero-order valence-corrected chi connectivity index (χ0v) is 25.0. The van der Waals surface area contributed by atoms with E-state index in [4.69, 9.17) is 37.3 Å². The Balaban J connectivity index is 1.39. The maximum atomic E-state index is 11.4. The summed E-state index contributed by atoms with van der Waals surface area (Å²) in [6.45, 7) is -0.124. The fourth-order valence-corrected chi connectivity index (χ4v) is 5.27. The van der Waals surface area contributed by atoms with Crippen LogP contribution in [0, 0.1) is 0 Å². The second-order valence-electron chi connectivity index (χ2n) is 9.30. The Morgan fingerprint density at radius 2 is 1.71 bits per heavy atom. The summed E-state index contributed by atoms with van der Waals surface area (Å²) in [6, 6.07) is 21.0. The van der Waals surface area contributed by atoms with Crippen LogP contribution in [0.4, 0.5) is 0 Å². The molecule has 42 heavy (non-hydrogen) atoms. The van der Waals surface area contributed by atoms with Crippen molar-refractivity contribution < 1.29 is 29.1 Å². The Bertz CT molecular complexity index is 1730. The number of fused-ring (bicyclic) bond motifs is 1. The number of carbonyl (C=O) groups is 1. The first-order chi connectivity index (χ1) is 20.3. The van der Waals surface area contributed by atoms with Crippen LogP contribution in [0.2, 0.25) is 10.0 Å². The van der Waals surface area contributed by atoms with E-state index in [1.807, 2.05) is 48.5 Å². The van der Waals surface area contributed by atoms with E-state index in [1.165, 1.54) is 0 Å². The van der Waals surface area contributed by atoms with Crippen LogP contribution in [0.15, 0.2) is 81.9 Å². The van der Waals surface area contributed by atoms with Gasteiger partial charge in [0.15, 0.2) is 0 Å². The third-order valence-corrected chi connectivity index (χ3v) is 7.91. The van der Waals surface area contributed by atoms with E-state index in [9.17, 15) is 15.0 Å². The van der Waals surface area contributed by atoms with Gasteiger partial charge >= 0.3 is 5.97 Å². The van der Waals surface area contributed by atoms with E-state index in [0.717, 1.165) is 26.7 Å². The van der Waals surface area contributed by atoms with E-state index in [0.29, 0.717) is 38.1 Å². The molecule has 9 nitrogen and oxygen atoms in total. The summed E-state index contributed by atoms with van der Waals surface area (Å²) in [6.07, 6.45) is 0. The van der Waals surface area contributed by atoms with Crippen molar-refractivity contribution in [1.29, 1.82) is 0 Å². The summed E-state index contributed by atoms with van der Waals surface area (Å²) in [7, 11) is 0. The quantitative estimate of drug-likeness (QED) is 0.133. The van der Waals surface area contributed by atoms with Crippen LogP contribution in [0.3, 0.4) is 0 Å². The number of aromatic nitrogens is 2. The largest absolute Gasteiger partial charge is 0.488 e. The minimum absolute atomic E-state index is 0.0757. The number of nitrogens with one attached hydrogen (secondary N) is 1. The molecular formula is C30H24BrCl2N3O6.